The highest BCUT2D eigenvalue weighted by molar-refractivity contribution is 9.11. The van der Waals surface area contributed by atoms with Gasteiger partial charge in [-0.2, -0.15) is 0 Å². The number of halogens is 2. The van der Waals surface area contributed by atoms with Gasteiger partial charge in [-0.25, -0.2) is 0 Å². The Morgan fingerprint density at radius 1 is 1.32 bits per heavy atom. The average Bonchev–Trinajstić information content (AvgIpc) is 2.33. The van der Waals surface area contributed by atoms with Gasteiger partial charge in [0, 0.05) is 26.5 Å². The molecule has 4 nitrogen and oxygen atoms in total. The number of benzene rings is 1. The fourth-order valence-electron chi connectivity index (χ4n) is 1.55. The van der Waals surface area contributed by atoms with E-state index in [2.05, 4.69) is 42.2 Å². The number of nitrogens with one attached hydrogen (secondary N) is 1. The van der Waals surface area contributed by atoms with E-state index < -0.39 is 0 Å². The second-order valence-corrected chi connectivity index (χ2v) is 5.76. The van der Waals surface area contributed by atoms with E-state index in [-0.39, 0.29) is 5.91 Å². The Balaban J connectivity index is 2.28. The van der Waals surface area contributed by atoms with Crippen molar-refractivity contribution in [3.8, 4) is 0 Å². The number of aryl methyl sites for hydroxylation is 1. The van der Waals surface area contributed by atoms with Crippen molar-refractivity contribution < 1.29 is 4.79 Å². The van der Waals surface area contributed by atoms with Crippen LogP contribution < -0.4 is 11.1 Å². The molecule has 0 spiro atoms. The summed E-state index contributed by atoms with van der Waals surface area (Å²) in [6, 6.07) is 7.20. The summed E-state index contributed by atoms with van der Waals surface area (Å²) in [6.45, 7) is 1.82. The van der Waals surface area contributed by atoms with Gasteiger partial charge in [-0.05, 0) is 47.1 Å². The Kier molecular flexibility index (Phi) is 4.21. The maximum absolute atomic E-state index is 12.1. The number of nitrogen functional groups attached to an aromatic ring is 1. The molecule has 1 aromatic heterocycles. The van der Waals surface area contributed by atoms with Crippen LogP contribution in [0.4, 0.5) is 11.4 Å². The van der Waals surface area contributed by atoms with Crippen molar-refractivity contribution in [2.24, 2.45) is 0 Å². The highest BCUT2D eigenvalue weighted by Gasteiger charge is 2.12. The van der Waals surface area contributed by atoms with Crippen LogP contribution >= 0.6 is 31.9 Å². The van der Waals surface area contributed by atoms with Crippen molar-refractivity contribution in [1.82, 2.24) is 4.98 Å². The lowest BCUT2D eigenvalue weighted by atomic mass is 10.2. The summed E-state index contributed by atoms with van der Waals surface area (Å²) in [5, 5.41) is 2.79. The van der Waals surface area contributed by atoms with Crippen LogP contribution in [0.3, 0.4) is 0 Å². The largest absolute Gasteiger partial charge is 0.398 e. The number of nitrogens with two attached hydrogens (primary N) is 1. The fraction of sp³-hybridized carbons (Fsp3) is 0.0769. The van der Waals surface area contributed by atoms with Crippen LogP contribution in [0.25, 0.3) is 0 Å². The van der Waals surface area contributed by atoms with Crippen molar-refractivity contribution in [3.05, 3.63) is 50.7 Å². The minimum Gasteiger partial charge on any atom is -0.398 e. The van der Waals surface area contributed by atoms with Gasteiger partial charge in [-0.3, -0.25) is 9.78 Å². The molecule has 0 aliphatic heterocycles. The molecule has 0 radical (unpaired) electrons. The van der Waals surface area contributed by atoms with Gasteiger partial charge in [0.2, 0.25) is 0 Å². The average molecular weight is 385 g/mol. The summed E-state index contributed by atoms with van der Waals surface area (Å²) in [7, 11) is 0. The molecule has 98 valence electrons. The normalized spacial score (nSPS) is 10.3. The number of amides is 1. The highest BCUT2D eigenvalue weighted by atomic mass is 79.9. The monoisotopic (exact) mass is 383 g/mol. The van der Waals surface area contributed by atoms with Gasteiger partial charge in [0.25, 0.3) is 5.91 Å². The Morgan fingerprint density at radius 3 is 2.74 bits per heavy atom. The molecule has 1 amide bonds. The molecule has 0 unspecified atom stereocenters. The molecule has 2 aromatic rings. The second-order valence-electron chi connectivity index (χ2n) is 3.99. The molecule has 19 heavy (non-hydrogen) atoms. The van der Waals surface area contributed by atoms with E-state index in [0.29, 0.717) is 16.9 Å². The van der Waals surface area contributed by atoms with E-state index in [4.69, 9.17) is 5.73 Å². The smallest absolute Gasteiger partial charge is 0.259 e. The standard InChI is InChI=1S/C13H11Br2N3O/c1-7-4-11(16)9(6-17-7)13(19)18-12-5-8(14)2-3-10(12)15/h2-6H,1H3,(H2,16,17)(H,18,19). The first-order valence-electron chi connectivity index (χ1n) is 5.46. The molecule has 0 saturated carbocycles. The third kappa shape index (κ3) is 3.33. The zero-order chi connectivity index (χ0) is 14.0. The number of carbonyl (C=O) groups excluding carboxylic acids is 1. The van der Waals surface area contributed by atoms with Gasteiger partial charge in [0.1, 0.15) is 0 Å². The van der Waals surface area contributed by atoms with Gasteiger partial charge in [-0.1, -0.05) is 15.9 Å². The topological polar surface area (TPSA) is 68.0 Å². The van der Waals surface area contributed by atoms with Crippen LogP contribution in [-0.2, 0) is 0 Å². The van der Waals surface area contributed by atoms with E-state index in [1.807, 2.05) is 19.1 Å². The van der Waals surface area contributed by atoms with Crippen LogP contribution in [0.1, 0.15) is 16.1 Å². The molecule has 0 aliphatic carbocycles. The van der Waals surface area contributed by atoms with E-state index in [9.17, 15) is 4.79 Å². The minimum atomic E-state index is -0.288. The van der Waals surface area contributed by atoms with E-state index in [1.165, 1.54) is 6.20 Å². The third-order valence-corrected chi connectivity index (χ3v) is 3.68. The second kappa shape index (κ2) is 5.71. The number of hydrogen-bond donors (Lipinski definition) is 2. The molecule has 3 N–H and O–H groups in total. The van der Waals surface area contributed by atoms with Crippen LogP contribution in [0.15, 0.2) is 39.4 Å². The van der Waals surface area contributed by atoms with Crippen LogP contribution in [0.2, 0.25) is 0 Å². The zero-order valence-electron chi connectivity index (χ0n) is 10.1. The molecule has 2 rings (SSSR count). The van der Waals surface area contributed by atoms with Crippen LogP contribution in [0, 0.1) is 6.92 Å². The zero-order valence-corrected chi connectivity index (χ0v) is 13.2. The van der Waals surface area contributed by atoms with Crippen molar-refractivity contribution in [2.75, 3.05) is 11.1 Å². The van der Waals surface area contributed by atoms with Gasteiger partial charge < -0.3 is 11.1 Å². The molecule has 0 atom stereocenters. The van der Waals surface area contributed by atoms with Crippen molar-refractivity contribution >= 4 is 49.1 Å². The Bertz CT molecular complexity index is 644. The molecule has 0 bridgehead atoms. The highest BCUT2D eigenvalue weighted by Crippen LogP contribution is 2.27. The number of aromatic nitrogens is 1. The maximum atomic E-state index is 12.1. The molecular weight excluding hydrogens is 374 g/mol. The molecule has 1 heterocycles. The lowest BCUT2D eigenvalue weighted by Gasteiger charge is -2.09. The van der Waals surface area contributed by atoms with Crippen molar-refractivity contribution in [2.45, 2.75) is 6.92 Å². The Hall–Kier alpha value is -1.40. The Labute approximate surface area is 127 Å². The number of rotatable bonds is 2. The molecule has 0 saturated heterocycles. The Morgan fingerprint density at radius 2 is 2.05 bits per heavy atom. The molecule has 6 heteroatoms. The van der Waals surface area contributed by atoms with Crippen LogP contribution in [-0.4, -0.2) is 10.9 Å². The van der Waals surface area contributed by atoms with E-state index in [0.717, 1.165) is 14.6 Å². The van der Waals surface area contributed by atoms with Crippen LogP contribution in [0.5, 0.6) is 0 Å². The molecule has 1 aromatic carbocycles. The SMILES string of the molecule is Cc1cc(N)c(C(=O)Nc2cc(Br)ccc2Br)cn1. The van der Waals surface area contributed by atoms with Gasteiger partial charge in [-0.15, -0.1) is 0 Å². The summed E-state index contributed by atoms with van der Waals surface area (Å²) in [5.41, 5.74) is 8.04. The number of nitrogens with zero attached hydrogens (tertiary/aromatic N) is 1. The summed E-state index contributed by atoms with van der Waals surface area (Å²) in [5.74, 6) is -0.288. The summed E-state index contributed by atoms with van der Waals surface area (Å²) in [6.07, 6.45) is 1.48. The summed E-state index contributed by atoms with van der Waals surface area (Å²) in [4.78, 5) is 16.2. The summed E-state index contributed by atoms with van der Waals surface area (Å²) >= 11 is 6.74. The summed E-state index contributed by atoms with van der Waals surface area (Å²) < 4.78 is 1.67. The number of hydrogen-bond acceptors (Lipinski definition) is 3. The third-order valence-electron chi connectivity index (χ3n) is 2.49. The fourth-order valence-corrected chi connectivity index (χ4v) is 2.26. The molecule has 0 aliphatic rings. The van der Waals surface area contributed by atoms with Gasteiger partial charge in [0.15, 0.2) is 0 Å². The van der Waals surface area contributed by atoms with Gasteiger partial charge >= 0.3 is 0 Å². The van der Waals surface area contributed by atoms with Gasteiger partial charge in [0.05, 0.1) is 11.3 Å². The van der Waals surface area contributed by atoms with Crippen molar-refractivity contribution in [3.63, 3.8) is 0 Å². The first kappa shape index (κ1) is 14.0. The minimum absolute atomic E-state index is 0.288. The molecule has 0 fully saturated rings. The predicted octanol–water partition coefficient (Wildman–Crippen LogP) is 3.75. The quantitative estimate of drug-likeness (QED) is 0.828. The van der Waals surface area contributed by atoms with E-state index in [1.54, 1.807) is 12.1 Å². The van der Waals surface area contributed by atoms with E-state index >= 15 is 0 Å². The number of anilines is 2. The molecular formula is C13H11Br2N3O. The maximum Gasteiger partial charge on any atom is 0.259 e. The first-order chi connectivity index (χ1) is 8.97. The lowest BCUT2D eigenvalue weighted by molar-refractivity contribution is 0.102. The van der Waals surface area contributed by atoms with Crippen molar-refractivity contribution in [1.29, 1.82) is 0 Å². The predicted molar refractivity (Wildman–Crippen MR) is 83.2 cm³/mol. The lowest BCUT2D eigenvalue weighted by Crippen LogP contribution is -2.15. The number of carbonyl (C=O) groups is 1. The number of pyridine rings is 1. The first-order valence-corrected chi connectivity index (χ1v) is 7.04.